The minimum atomic E-state index is -4.67. The van der Waals surface area contributed by atoms with Crippen molar-refractivity contribution in [1.29, 1.82) is 0 Å². The first-order valence-corrected chi connectivity index (χ1v) is 7.09. The molecule has 2 N–H and O–H groups in total. The van der Waals surface area contributed by atoms with Crippen LogP contribution in [0.25, 0.3) is 0 Å². The summed E-state index contributed by atoms with van der Waals surface area (Å²) in [5.41, 5.74) is 0. The highest BCUT2D eigenvalue weighted by atomic mass is 32.3. The number of hydrogen-bond donors (Lipinski definition) is 2. The molecule has 0 aromatic rings. The Morgan fingerprint density at radius 1 is 0.875 bits per heavy atom. The van der Waals surface area contributed by atoms with Gasteiger partial charge in [-0.2, -0.15) is 8.42 Å². The molecule has 6 heteroatoms. The molecule has 0 rings (SSSR count). The van der Waals surface area contributed by atoms with Crippen LogP contribution in [0.3, 0.4) is 0 Å². The van der Waals surface area contributed by atoms with Gasteiger partial charge in [0.2, 0.25) is 0 Å². The molecule has 16 heavy (non-hydrogen) atoms. The summed E-state index contributed by atoms with van der Waals surface area (Å²) < 4.78 is 37.0. The third kappa shape index (κ3) is 37.1. The van der Waals surface area contributed by atoms with Crippen LogP contribution in [0.1, 0.15) is 52.4 Å². The van der Waals surface area contributed by atoms with Gasteiger partial charge in [0.1, 0.15) is 0 Å². The molecule has 0 aromatic heterocycles. The van der Waals surface area contributed by atoms with Crippen molar-refractivity contribution in [2.75, 3.05) is 13.2 Å². The lowest BCUT2D eigenvalue weighted by Gasteiger charge is -2.01. The molecule has 0 spiro atoms. The van der Waals surface area contributed by atoms with Gasteiger partial charge in [0.15, 0.2) is 0 Å². The van der Waals surface area contributed by atoms with Crippen molar-refractivity contribution in [3.63, 3.8) is 0 Å². The predicted molar refractivity (Wildman–Crippen MR) is 64.0 cm³/mol. The fraction of sp³-hybridized carbons (Fsp3) is 1.00. The molecule has 0 saturated carbocycles. The average molecular weight is 256 g/mol. The summed E-state index contributed by atoms with van der Waals surface area (Å²) in [5, 5.41) is 0. The molecule has 0 fully saturated rings. The van der Waals surface area contributed by atoms with Gasteiger partial charge >= 0.3 is 10.4 Å². The standard InChI is InChI=1S/C10H22O.H2O4S/c1-3-5-7-9-11-10-8-6-4-2;1-5(2,3)4/h3-10H2,1-2H3;(H2,1,2,3,4). The maximum atomic E-state index is 8.74. The third-order valence-electron chi connectivity index (χ3n) is 1.78. The topological polar surface area (TPSA) is 83.8 Å². The van der Waals surface area contributed by atoms with Gasteiger partial charge in [-0.25, -0.2) is 0 Å². The van der Waals surface area contributed by atoms with Gasteiger partial charge < -0.3 is 4.74 Å². The van der Waals surface area contributed by atoms with Gasteiger partial charge in [0.25, 0.3) is 0 Å². The summed E-state index contributed by atoms with van der Waals surface area (Å²) in [6.45, 7) is 6.38. The third-order valence-corrected chi connectivity index (χ3v) is 1.78. The zero-order chi connectivity index (χ0) is 12.9. The maximum Gasteiger partial charge on any atom is 0.394 e. The number of ether oxygens (including phenoxy) is 1. The number of hydrogen-bond acceptors (Lipinski definition) is 3. The van der Waals surface area contributed by atoms with E-state index in [0.29, 0.717) is 0 Å². The van der Waals surface area contributed by atoms with E-state index in [4.69, 9.17) is 22.3 Å². The van der Waals surface area contributed by atoms with Crippen molar-refractivity contribution in [3.8, 4) is 0 Å². The molecule has 5 nitrogen and oxygen atoms in total. The normalized spacial score (nSPS) is 10.8. The van der Waals surface area contributed by atoms with E-state index >= 15 is 0 Å². The number of rotatable bonds is 8. The quantitative estimate of drug-likeness (QED) is 0.515. The van der Waals surface area contributed by atoms with E-state index in [-0.39, 0.29) is 0 Å². The Kier molecular flexibility index (Phi) is 14.7. The molecular formula is C10H24O5S. The van der Waals surface area contributed by atoms with E-state index in [9.17, 15) is 0 Å². The lowest BCUT2D eigenvalue weighted by Crippen LogP contribution is -1.96. The molecule has 100 valence electrons. The zero-order valence-electron chi connectivity index (χ0n) is 10.2. The highest BCUT2D eigenvalue weighted by molar-refractivity contribution is 7.79. The molecule has 0 aliphatic rings. The molecular weight excluding hydrogens is 232 g/mol. The highest BCUT2D eigenvalue weighted by Gasteiger charge is 1.88. The van der Waals surface area contributed by atoms with Gasteiger partial charge in [-0.1, -0.05) is 39.5 Å². The van der Waals surface area contributed by atoms with Crippen LogP contribution in [-0.2, 0) is 15.1 Å². The summed E-state index contributed by atoms with van der Waals surface area (Å²) in [5.74, 6) is 0. The summed E-state index contributed by atoms with van der Waals surface area (Å²) in [6.07, 6.45) is 7.68. The van der Waals surface area contributed by atoms with Crippen molar-refractivity contribution in [3.05, 3.63) is 0 Å². The molecule has 0 heterocycles. The fourth-order valence-corrected chi connectivity index (χ4v) is 1.01. The minimum absolute atomic E-state index is 0.970. The maximum absolute atomic E-state index is 8.74. The molecule has 0 atom stereocenters. The summed E-state index contributed by atoms with van der Waals surface area (Å²) in [7, 11) is -4.67. The van der Waals surface area contributed by atoms with Crippen LogP contribution in [0.5, 0.6) is 0 Å². The van der Waals surface area contributed by atoms with E-state index in [1.165, 1.54) is 38.5 Å². The minimum Gasteiger partial charge on any atom is -0.381 e. The van der Waals surface area contributed by atoms with Crippen molar-refractivity contribution in [1.82, 2.24) is 0 Å². The van der Waals surface area contributed by atoms with Crippen LogP contribution in [0, 0.1) is 0 Å². The first kappa shape index (κ1) is 18.2. The highest BCUT2D eigenvalue weighted by Crippen LogP contribution is 1.97. The Hall–Kier alpha value is -0.170. The van der Waals surface area contributed by atoms with E-state index < -0.39 is 10.4 Å². The lowest BCUT2D eigenvalue weighted by atomic mass is 10.2. The largest absolute Gasteiger partial charge is 0.394 e. The fourth-order valence-electron chi connectivity index (χ4n) is 1.01. The van der Waals surface area contributed by atoms with Crippen LogP contribution < -0.4 is 0 Å². The van der Waals surface area contributed by atoms with Gasteiger partial charge in [0.05, 0.1) is 0 Å². The Bertz CT molecular complexity index is 197. The monoisotopic (exact) mass is 256 g/mol. The predicted octanol–water partition coefficient (Wildman–Crippen LogP) is 2.73. The molecule has 0 amide bonds. The Balaban J connectivity index is 0. The molecule has 0 bridgehead atoms. The second kappa shape index (κ2) is 12.9. The van der Waals surface area contributed by atoms with E-state index in [2.05, 4.69) is 13.8 Å². The first-order valence-electron chi connectivity index (χ1n) is 5.69. The smallest absolute Gasteiger partial charge is 0.381 e. The van der Waals surface area contributed by atoms with Crippen molar-refractivity contribution in [2.45, 2.75) is 52.4 Å². The summed E-state index contributed by atoms with van der Waals surface area (Å²) >= 11 is 0. The van der Waals surface area contributed by atoms with Crippen LogP contribution in [0.2, 0.25) is 0 Å². The van der Waals surface area contributed by atoms with Crippen LogP contribution in [0.4, 0.5) is 0 Å². The molecule has 0 aliphatic heterocycles. The van der Waals surface area contributed by atoms with Crippen molar-refractivity contribution < 1.29 is 22.3 Å². The van der Waals surface area contributed by atoms with Gasteiger partial charge in [-0.3, -0.25) is 9.11 Å². The Morgan fingerprint density at radius 2 is 1.19 bits per heavy atom. The average Bonchev–Trinajstić information content (AvgIpc) is 2.14. The Morgan fingerprint density at radius 3 is 1.44 bits per heavy atom. The molecule has 0 aliphatic carbocycles. The van der Waals surface area contributed by atoms with E-state index in [0.717, 1.165) is 13.2 Å². The summed E-state index contributed by atoms with van der Waals surface area (Å²) in [4.78, 5) is 0. The second-order valence-electron chi connectivity index (χ2n) is 3.47. The molecule has 0 saturated heterocycles. The van der Waals surface area contributed by atoms with Gasteiger partial charge in [-0.05, 0) is 12.8 Å². The molecule has 0 radical (unpaired) electrons. The second-order valence-corrected chi connectivity index (χ2v) is 4.37. The van der Waals surface area contributed by atoms with Gasteiger partial charge in [0, 0.05) is 13.2 Å². The number of unbranched alkanes of at least 4 members (excludes halogenated alkanes) is 4. The molecule has 0 unspecified atom stereocenters. The van der Waals surface area contributed by atoms with Gasteiger partial charge in [-0.15, -0.1) is 0 Å². The SMILES string of the molecule is CCCCCOCCCCC.O=S(=O)(O)O. The van der Waals surface area contributed by atoms with Crippen molar-refractivity contribution in [2.24, 2.45) is 0 Å². The van der Waals surface area contributed by atoms with Crippen molar-refractivity contribution >= 4 is 10.4 Å². The van der Waals surface area contributed by atoms with Crippen LogP contribution in [-0.4, -0.2) is 30.7 Å². The zero-order valence-corrected chi connectivity index (χ0v) is 11.0. The Labute approximate surface area is 98.8 Å². The summed E-state index contributed by atoms with van der Waals surface area (Å²) in [6, 6.07) is 0. The van der Waals surface area contributed by atoms with Crippen LogP contribution in [0.15, 0.2) is 0 Å². The van der Waals surface area contributed by atoms with Crippen LogP contribution >= 0.6 is 0 Å². The lowest BCUT2D eigenvalue weighted by molar-refractivity contribution is 0.126. The molecule has 0 aromatic carbocycles. The van der Waals surface area contributed by atoms with E-state index in [1.54, 1.807) is 0 Å². The van der Waals surface area contributed by atoms with E-state index in [1.807, 2.05) is 0 Å². The first-order chi connectivity index (χ1) is 7.41.